The summed E-state index contributed by atoms with van der Waals surface area (Å²) in [6.45, 7) is 7.63. The summed E-state index contributed by atoms with van der Waals surface area (Å²) in [4.78, 5) is 10.9. The molecule has 21 heavy (non-hydrogen) atoms. The zero-order valence-electron chi connectivity index (χ0n) is 12.7. The fourth-order valence-corrected chi connectivity index (χ4v) is 2.27. The lowest BCUT2D eigenvalue weighted by Crippen LogP contribution is -2.37. The maximum atomic E-state index is 5.95. The van der Waals surface area contributed by atoms with E-state index in [9.17, 15) is 0 Å². The van der Waals surface area contributed by atoms with Crippen molar-refractivity contribution in [2.75, 3.05) is 19.6 Å². The number of aromatic nitrogens is 2. The van der Waals surface area contributed by atoms with Crippen LogP contribution >= 0.6 is 24.0 Å². The normalized spacial score (nSPS) is 11.4. The van der Waals surface area contributed by atoms with Crippen LogP contribution in [-0.2, 0) is 6.54 Å². The van der Waals surface area contributed by atoms with Crippen LogP contribution in [0.1, 0.15) is 20.3 Å². The number of para-hydroxylation sites is 2. The number of hydrogen-bond acceptors (Lipinski definition) is 2. The molecular weight excluding hydrogens is 377 g/mol. The van der Waals surface area contributed by atoms with Crippen molar-refractivity contribution in [1.82, 2.24) is 14.5 Å². The lowest BCUT2D eigenvalue weighted by atomic mass is 10.3. The van der Waals surface area contributed by atoms with Gasteiger partial charge in [0.1, 0.15) is 0 Å². The van der Waals surface area contributed by atoms with Crippen molar-refractivity contribution in [3.63, 3.8) is 0 Å². The molecule has 6 heteroatoms. The average molecular weight is 401 g/mol. The van der Waals surface area contributed by atoms with E-state index >= 15 is 0 Å². The molecule has 116 valence electrons. The maximum absolute atomic E-state index is 5.95. The van der Waals surface area contributed by atoms with E-state index in [4.69, 9.17) is 5.73 Å². The smallest absolute Gasteiger partial charge is 0.191 e. The second-order valence-corrected chi connectivity index (χ2v) is 4.69. The van der Waals surface area contributed by atoms with Crippen molar-refractivity contribution < 1.29 is 0 Å². The van der Waals surface area contributed by atoms with Crippen LogP contribution in [0.25, 0.3) is 11.0 Å². The Balaban J connectivity index is 0.00000220. The minimum absolute atomic E-state index is 0. The van der Waals surface area contributed by atoms with Crippen LogP contribution in [0.4, 0.5) is 0 Å². The molecule has 0 saturated heterocycles. The maximum Gasteiger partial charge on any atom is 0.191 e. The lowest BCUT2D eigenvalue weighted by molar-refractivity contribution is 0.457. The molecule has 0 aliphatic heterocycles. The van der Waals surface area contributed by atoms with Gasteiger partial charge in [0.15, 0.2) is 5.96 Å². The second-order valence-electron chi connectivity index (χ2n) is 4.69. The van der Waals surface area contributed by atoms with Crippen molar-refractivity contribution in [2.45, 2.75) is 26.8 Å². The fourth-order valence-electron chi connectivity index (χ4n) is 2.27. The molecule has 1 heterocycles. The van der Waals surface area contributed by atoms with Gasteiger partial charge in [-0.25, -0.2) is 4.98 Å². The predicted molar refractivity (Wildman–Crippen MR) is 99.2 cm³/mol. The van der Waals surface area contributed by atoms with E-state index in [1.54, 1.807) is 0 Å². The Bertz CT molecular complexity index is 574. The Morgan fingerprint density at radius 2 is 2.00 bits per heavy atom. The number of rotatable bonds is 6. The van der Waals surface area contributed by atoms with Crippen molar-refractivity contribution in [3.05, 3.63) is 30.6 Å². The van der Waals surface area contributed by atoms with E-state index in [0.717, 1.165) is 38.1 Å². The molecule has 0 unspecified atom stereocenters. The first-order valence-electron chi connectivity index (χ1n) is 7.21. The first-order chi connectivity index (χ1) is 9.76. The summed E-state index contributed by atoms with van der Waals surface area (Å²) < 4.78 is 2.17. The number of fused-ring (bicyclic) bond motifs is 1. The van der Waals surface area contributed by atoms with Gasteiger partial charge in [-0.15, -0.1) is 24.0 Å². The summed E-state index contributed by atoms with van der Waals surface area (Å²) >= 11 is 0. The van der Waals surface area contributed by atoms with E-state index in [-0.39, 0.29) is 24.0 Å². The highest BCUT2D eigenvalue weighted by molar-refractivity contribution is 14.0. The zero-order valence-corrected chi connectivity index (χ0v) is 15.0. The second kappa shape index (κ2) is 8.86. The van der Waals surface area contributed by atoms with Crippen LogP contribution in [-0.4, -0.2) is 40.0 Å². The van der Waals surface area contributed by atoms with Gasteiger partial charge in [-0.1, -0.05) is 12.1 Å². The van der Waals surface area contributed by atoms with Gasteiger partial charge in [-0.3, -0.25) is 4.99 Å². The summed E-state index contributed by atoms with van der Waals surface area (Å²) in [6, 6.07) is 8.17. The highest BCUT2D eigenvalue weighted by Gasteiger charge is 2.02. The quantitative estimate of drug-likeness (QED) is 0.351. The van der Waals surface area contributed by atoms with Crippen molar-refractivity contribution in [2.24, 2.45) is 10.7 Å². The number of imidazole rings is 1. The number of benzene rings is 1. The number of hydrogen-bond donors (Lipinski definition) is 1. The first-order valence-corrected chi connectivity index (χ1v) is 7.21. The van der Waals surface area contributed by atoms with Gasteiger partial charge in [0, 0.05) is 26.2 Å². The Morgan fingerprint density at radius 3 is 2.71 bits per heavy atom. The van der Waals surface area contributed by atoms with E-state index in [1.807, 2.05) is 24.5 Å². The van der Waals surface area contributed by atoms with Gasteiger partial charge in [-0.05, 0) is 32.4 Å². The zero-order chi connectivity index (χ0) is 14.4. The Morgan fingerprint density at radius 1 is 1.29 bits per heavy atom. The van der Waals surface area contributed by atoms with Gasteiger partial charge in [0.05, 0.1) is 17.4 Å². The number of aryl methyl sites for hydroxylation is 1. The standard InChI is InChI=1S/C15H23N5.HI/c1-3-19(4-2)15(16)17-10-7-11-20-12-18-13-8-5-6-9-14(13)20;/h5-6,8-9,12H,3-4,7,10-11H2,1-2H3,(H2,16,17);1H. The third-order valence-corrected chi connectivity index (χ3v) is 3.45. The van der Waals surface area contributed by atoms with Gasteiger partial charge in [0.25, 0.3) is 0 Å². The molecule has 0 spiro atoms. The van der Waals surface area contributed by atoms with Crippen LogP contribution in [0.5, 0.6) is 0 Å². The molecule has 0 fully saturated rings. The molecule has 0 aliphatic carbocycles. The Kier molecular flexibility index (Phi) is 7.49. The van der Waals surface area contributed by atoms with Gasteiger partial charge >= 0.3 is 0 Å². The highest BCUT2D eigenvalue weighted by atomic mass is 127. The Labute approximate surface area is 143 Å². The molecule has 1 aromatic carbocycles. The average Bonchev–Trinajstić information content (AvgIpc) is 2.88. The predicted octanol–water partition coefficient (Wildman–Crippen LogP) is 2.70. The molecule has 0 radical (unpaired) electrons. The number of guanidine groups is 1. The number of aliphatic imine (C=N–C) groups is 1. The summed E-state index contributed by atoms with van der Waals surface area (Å²) in [5.41, 5.74) is 8.16. The number of halogens is 1. The van der Waals surface area contributed by atoms with Gasteiger partial charge in [0.2, 0.25) is 0 Å². The van der Waals surface area contributed by atoms with Crippen LogP contribution < -0.4 is 5.73 Å². The summed E-state index contributed by atoms with van der Waals surface area (Å²) in [7, 11) is 0. The minimum Gasteiger partial charge on any atom is -0.370 e. The van der Waals surface area contributed by atoms with Crippen LogP contribution in [0.2, 0.25) is 0 Å². The largest absolute Gasteiger partial charge is 0.370 e. The SMILES string of the molecule is CCN(CC)C(N)=NCCCn1cnc2ccccc21.I. The minimum atomic E-state index is 0. The molecule has 0 bridgehead atoms. The summed E-state index contributed by atoms with van der Waals surface area (Å²) in [6.07, 6.45) is 2.85. The molecule has 0 aliphatic rings. The third-order valence-electron chi connectivity index (χ3n) is 3.45. The molecule has 2 rings (SSSR count). The summed E-state index contributed by atoms with van der Waals surface area (Å²) in [5, 5.41) is 0. The molecular formula is C15H24IN5. The Hall–Kier alpha value is -1.31. The van der Waals surface area contributed by atoms with Crippen LogP contribution in [0.3, 0.4) is 0 Å². The van der Waals surface area contributed by atoms with E-state index < -0.39 is 0 Å². The molecule has 0 saturated carbocycles. The van der Waals surface area contributed by atoms with Gasteiger partial charge < -0.3 is 15.2 Å². The monoisotopic (exact) mass is 401 g/mol. The van der Waals surface area contributed by atoms with E-state index in [0.29, 0.717) is 5.96 Å². The third kappa shape index (κ3) is 4.59. The van der Waals surface area contributed by atoms with Crippen molar-refractivity contribution in [3.8, 4) is 0 Å². The lowest BCUT2D eigenvalue weighted by Gasteiger charge is -2.19. The van der Waals surface area contributed by atoms with Gasteiger partial charge in [-0.2, -0.15) is 0 Å². The molecule has 0 atom stereocenters. The summed E-state index contributed by atoms with van der Waals surface area (Å²) in [5.74, 6) is 0.644. The first kappa shape index (κ1) is 17.7. The van der Waals surface area contributed by atoms with Crippen molar-refractivity contribution >= 4 is 41.0 Å². The van der Waals surface area contributed by atoms with Crippen LogP contribution in [0, 0.1) is 0 Å². The highest BCUT2D eigenvalue weighted by Crippen LogP contribution is 2.11. The topological polar surface area (TPSA) is 59.4 Å². The number of nitrogens with zero attached hydrogens (tertiary/aromatic N) is 4. The molecule has 2 aromatic rings. The molecule has 0 amide bonds. The molecule has 1 aromatic heterocycles. The molecule has 2 N–H and O–H groups in total. The van der Waals surface area contributed by atoms with Crippen molar-refractivity contribution in [1.29, 1.82) is 0 Å². The van der Waals surface area contributed by atoms with Crippen LogP contribution in [0.15, 0.2) is 35.6 Å². The number of nitrogens with two attached hydrogens (primary N) is 1. The van der Waals surface area contributed by atoms with E-state index in [1.165, 1.54) is 5.52 Å². The molecule has 5 nitrogen and oxygen atoms in total. The fraction of sp³-hybridized carbons (Fsp3) is 0.467. The van der Waals surface area contributed by atoms with E-state index in [2.05, 4.69) is 39.4 Å².